The van der Waals surface area contributed by atoms with Crippen molar-refractivity contribution in [2.75, 3.05) is 19.4 Å². The number of ether oxygens (including phenoxy) is 1. The molecule has 36 heavy (non-hydrogen) atoms. The average molecular weight is 511 g/mol. The van der Waals surface area contributed by atoms with Crippen LogP contribution in [0.1, 0.15) is 51.4 Å². The van der Waals surface area contributed by atoms with Gasteiger partial charge < -0.3 is 9.64 Å². The largest absolute Gasteiger partial charge is 0.491 e. The van der Waals surface area contributed by atoms with E-state index in [0.29, 0.717) is 17.0 Å². The number of sulfone groups is 1. The van der Waals surface area contributed by atoms with E-state index in [4.69, 9.17) is 4.74 Å². The highest BCUT2D eigenvalue weighted by Gasteiger charge is 2.27. The van der Waals surface area contributed by atoms with Crippen molar-refractivity contribution in [3.8, 4) is 16.9 Å². The van der Waals surface area contributed by atoms with Crippen LogP contribution in [-0.2, 0) is 22.8 Å². The van der Waals surface area contributed by atoms with Gasteiger partial charge in [0.25, 0.3) is 5.91 Å². The summed E-state index contributed by atoms with van der Waals surface area (Å²) in [5.74, 6) is -0.718. The van der Waals surface area contributed by atoms with Gasteiger partial charge >= 0.3 is 0 Å². The Bertz CT molecular complexity index is 1480. The van der Waals surface area contributed by atoms with E-state index in [2.05, 4.69) is 4.98 Å². The minimum absolute atomic E-state index is 0.0717. The molecular formula is C27H27FN2O5S. The summed E-state index contributed by atoms with van der Waals surface area (Å²) in [6.45, 7) is 5.72. The Kier molecular flexibility index (Phi) is 6.95. The second kappa shape index (κ2) is 9.81. The first-order chi connectivity index (χ1) is 17.0. The Morgan fingerprint density at radius 2 is 1.86 bits per heavy atom. The fourth-order valence-electron chi connectivity index (χ4n) is 4.40. The summed E-state index contributed by atoms with van der Waals surface area (Å²) in [4.78, 5) is 30.9. The lowest BCUT2D eigenvalue weighted by Crippen LogP contribution is -2.33. The van der Waals surface area contributed by atoms with Crippen LogP contribution in [0.5, 0.6) is 5.75 Å². The van der Waals surface area contributed by atoms with Crippen LogP contribution in [-0.4, -0.2) is 49.4 Å². The van der Waals surface area contributed by atoms with Gasteiger partial charge in [-0.1, -0.05) is 13.0 Å². The topological polar surface area (TPSA) is 93.6 Å². The predicted octanol–water partition coefficient (Wildman–Crippen LogP) is 4.40. The quantitative estimate of drug-likeness (QED) is 0.473. The number of halogens is 1. The highest BCUT2D eigenvalue weighted by Crippen LogP contribution is 2.31. The molecule has 0 bridgehead atoms. The van der Waals surface area contributed by atoms with Crippen LogP contribution in [0.15, 0.2) is 47.5 Å². The fraction of sp³-hybridized carbons (Fsp3) is 0.296. The minimum atomic E-state index is -3.77. The number of amides is 1. The van der Waals surface area contributed by atoms with Crippen LogP contribution >= 0.6 is 0 Å². The summed E-state index contributed by atoms with van der Waals surface area (Å²) >= 11 is 0. The predicted molar refractivity (Wildman–Crippen MR) is 134 cm³/mol. The maximum atomic E-state index is 15.0. The normalized spacial score (nSPS) is 13.5. The summed E-state index contributed by atoms with van der Waals surface area (Å²) in [5, 5.41) is 0. The van der Waals surface area contributed by atoms with E-state index >= 15 is 4.39 Å². The molecule has 0 saturated heterocycles. The third-order valence-electron chi connectivity index (χ3n) is 6.32. The zero-order valence-corrected chi connectivity index (χ0v) is 21.4. The number of Topliss-reactive ketones (excluding diaryl/α,β-unsaturated/α-hetero) is 1. The standard InChI is InChI=1S/C27H27FN2O5S/c1-5-21-22(7-9-25(26(21)28)36(4,33)34)27(32)30-10-11-35-24-8-6-18(12-20(24)15-30)19-13-23(17(3)31)16(2)29-14-19/h6-9,12-14H,5,10-11,15H2,1-4H3. The van der Waals surface area contributed by atoms with Crippen molar-refractivity contribution in [1.82, 2.24) is 9.88 Å². The third kappa shape index (κ3) is 4.88. The third-order valence-corrected chi connectivity index (χ3v) is 7.43. The van der Waals surface area contributed by atoms with E-state index < -0.39 is 26.5 Å². The van der Waals surface area contributed by atoms with Crippen LogP contribution in [0, 0.1) is 12.7 Å². The molecule has 2 aromatic carbocycles. The molecule has 7 nitrogen and oxygen atoms in total. The first kappa shape index (κ1) is 25.5. The molecule has 0 N–H and O–H groups in total. The molecule has 1 aromatic heterocycles. The number of aromatic nitrogens is 1. The zero-order valence-electron chi connectivity index (χ0n) is 20.6. The van der Waals surface area contributed by atoms with Crippen LogP contribution in [0.4, 0.5) is 4.39 Å². The molecule has 2 heterocycles. The molecular weight excluding hydrogens is 483 g/mol. The molecule has 1 aliphatic heterocycles. The molecule has 0 aliphatic carbocycles. The second-order valence-electron chi connectivity index (χ2n) is 8.84. The van der Waals surface area contributed by atoms with Gasteiger partial charge in [-0.3, -0.25) is 14.6 Å². The molecule has 9 heteroatoms. The Morgan fingerprint density at radius 3 is 2.53 bits per heavy atom. The summed E-state index contributed by atoms with van der Waals surface area (Å²) < 4.78 is 44.8. The molecule has 188 valence electrons. The van der Waals surface area contributed by atoms with Gasteiger partial charge in [-0.25, -0.2) is 12.8 Å². The molecule has 0 atom stereocenters. The first-order valence-corrected chi connectivity index (χ1v) is 13.4. The minimum Gasteiger partial charge on any atom is -0.491 e. The Morgan fingerprint density at radius 1 is 1.11 bits per heavy atom. The number of aryl methyl sites for hydroxylation is 1. The summed E-state index contributed by atoms with van der Waals surface area (Å²) in [6, 6.07) is 9.92. The molecule has 0 spiro atoms. The monoisotopic (exact) mass is 510 g/mol. The number of benzene rings is 2. The molecule has 0 saturated carbocycles. The average Bonchev–Trinajstić information content (AvgIpc) is 3.04. The summed E-state index contributed by atoms with van der Waals surface area (Å²) in [6.07, 6.45) is 2.81. The molecule has 3 aromatic rings. The van der Waals surface area contributed by atoms with Gasteiger partial charge in [-0.15, -0.1) is 0 Å². The number of carbonyl (C=O) groups excluding carboxylic acids is 2. The van der Waals surface area contributed by atoms with Gasteiger partial charge in [-0.05, 0) is 56.2 Å². The van der Waals surface area contributed by atoms with E-state index in [1.807, 2.05) is 18.2 Å². The van der Waals surface area contributed by atoms with Gasteiger partial charge in [-0.2, -0.15) is 0 Å². The fourth-order valence-corrected chi connectivity index (χ4v) is 5.16. The summed E-state index contributed by atoms with van der Waals surface area (Å²) in [5.41, 5.74) is 3.75. The Balaban J connectivity index is 1.69. The van der Waals surface area contributed by atoms with Gasteiger partial charge in [0.15, 0.2) is 15.6 Å². The lowest BCUT2D eigenvalue weighted by molar-refractivity contribution is 0.0731. The molecule has 0 fully saturated rings. The van der Waals surface area contributed by atoms with Gasteiger partial charge in [0.1, 0.15) is 23.1 Å². The SMILES string of the molecule is CCc1c(C(=O)N2CCOc3ccc(-c4cnc(C)c(C(C)=O)c4)cc3C2)ccc(S(C)(=O)=O)c1F. The van der Waals surface area contributed by atoms with E-state index in [9.17, 15) is 18.0 Å². The van der Waals surface area contributed by atoms with Crippen molar-refractivity contribution in [2.24, 2.45) is 0 Å². The molecule has 1 amide bonds. The maximum absolute atomic E-state index is 15.0. The van der Waals surface area contributed by atoms with Crippen LogP contribution in [0.2, 0.25) is 0 Å². The van der Waals surface area contributed by atoms with Crippen molar-refractivity contribution in [3.05, 3.63) is 76.4 Å². The first-order valence-electron chi connectivity index (χ1n) is 11.6. The highest BCUT2D eigenvalue weighted by molar-refractivity contribution is 7.90. The van der Waals surface area contributed by atoms with Crippen molar-refractivity contribution in [1.29, 1.82) is 0 Å². The second-order valence-corrected chi connectivity index (χ2v) is 10.8. The van der Waals surface area contributed by atoms with Crippen molar-refractivity contribution < 1.29 is 27.1 Å². The Labute approximate surface area is 209 Å². The van der Waals surface area contributed by atoms with Gasteiger partial charge in [0, 0.05) is 52.5 Å². The van der Waals surface area contributed by atoms with Crippen molar-refractivity contribution in [3.63, 3.8) is 0 Å². The number of nitrogens with zero attached hydrogens (tertiary/aromatic N) is 2. The van der Waals surface area contributed by atoms with Gasteiger partial charge in [0.2, 0.25) is 0 Å². The van der Waals surface area contributed by atoms with Gasteiger partial charge in [0.05, 0.1) is 6.54 Å². The molecule has 0 radical (unpaired) electrons. The van der Waals surface area contributed by atoms with E-state index in [1.165, 1.54) is 13.0 Å². The van der Waals surface area contributed by atoms with Crippen LogP contribution in [0.3, 0.4) is 0 Å². The molecule has 1 aliphatic rings. The van der Waals surface area contributed by atoms with Crippen molar-refractivity contribution >= 4 is 21.5 Å². The smallest absolute Gasteiger partial charge is 0.254 e. The van der Waals surface area contributed by atoms with Crippen LogP contribution in [0.25, 0.3) is 11.1 Å². The number of pyridine rings is 1. The number of hydrogen-bond acceptors (Lipinski definition) is 6. The zero-order chi connectivity index (χ0) is 26.2. The number of ketones is 1. The number of carbonyl (C=O) groups is 2. The number of fused-ring (bicyclic) bond motifs is 1. The number of hydrogen-bond donors (Lipinski definition) is 0. The summed E-state index contributed by atoms with van der Waals surface area (Å²) in [7, 11) is -3.77. The lowest BCUT2D eigenvalue weighted by Gasteiger charge is -2.22. The van der Waals surface area contributed by atoms with E-state index in [-0.39, 0.29) is 43.0 Å². The van der Waals surface area contributed by atoms with Crippen molar-refractivity contribution in [2.45, 2.75) is 38.6 Å². The Hall–Kier alpha value is -3.59. The van der Waals surface area contributed by atoms with E-state index in [0.717, 1.165) is 29.0 Å². The molecule has 0 unspecified atom stereocenters. The highest BCUT2D eigenvalue weighted by atomic mass is 32.2. The van der Waals surface area contributed by atoms with E-state index in [1.54, 1.807) is 31.0 Å². The number of rotatable bonds is 5. The lowest BCUT2D eigenvalue weighted by atomic mass is 10.00. The van der Waals surface area contributed by atoms with Crippen LogP contribution < -0.4 is 4.74 Å². The maximum Gasteiger partial charge on any atom is 0.254 e. The molecule has 4 rings (SSSR count).